The molecule has 3 rings (SSSR count). The van der Waals surface area contributed by atoms with Crippen LogP contribution in [0.4, 0.5) is 17.6 Å². The molecule has 2 aromatic rings. The van der Waals surface area contributed by atoms with Crippen molar-refractivity contribution in [1.29, 1.82) is 0 Å². The van der Waals surface area contributed by atoms with Gasteiger partial charge >= 0.3 is 6.18 Å². The number of hydrogen-bond acceptors (Lipinski definition) is 3. The van der Waals surface area contributed by atoms with Gasteiger partial charge in [0, 0.05) is 17.7 Å². The lowest BCUT2D eigenvalue weighted by atomic mass is 9.95. The number of carbonyl (C=O) groups is 1. The van der Waals surface area contributed by atoms with Crippen LogP contribution < -0.4 is 4.80 Å². The lowest BCUT2D eigenvalue weighted by Crippen LogP contribution is -2.23. The van der Waals surface area contributed by atoms with E-state index in [1.165, 1.54) is 11.3 Å². The van der Waals surface area contributed by atoms with Crippen LogP contribution in [0.25, 0.3) is 0 Å². The van der Waals surface area contributed by atoms with E-state index in [4.69, 9.17) is 4.74 Å². The van der Waals surface area contributed by atoms with Crippen molar-refractivity contribution in [2.24, 2.45) is 4.99 Å². The van der Waals surface area contributed by atoms with Crippen LogP contribution in [0, 0.1) is 5.82 Å². The highest BCUT2D eigenvalue weighted by Crippen LogP contribution is 2.30. The number of benzene rings is 1. The Morgan fingerprint density at radius 1 is 1.31 bits per heavy atom. The Hall–Kier alpha value is -2.00. The summed E-state index contributed by atoms with van der Waals surface area (Å²) in [6.07, 6.45) is -0.992. The molecule has 1 aliphatic heterocycles. The molecule has 0 radical (unpaired) electrons. The van der Waals surface area contributed by atoms with E-state index in [0.29, 0.717) is 36.2 Å². The molecule has 0 aliphatic carbocycles. The van der Waals surface area contributed by atoms with Crippen molar-refractivity contribution in [3.63, 3.8) is 0 Å². The molecule has 0 N–H and O–H groups in total. The fourth-order valence-corrected chi connectivity index (χ4v) is 4.02. The number of hydrogen-bond donors (Lipinski definition) is 0. The third-order valence-electron chi connectivity index (χ3n) is 4.60. The van der Waals surface area contributed by atoms with E-state index in [2.05, 4.69) is 4.99 Å². The molecule has 1 atom stereocenters. The summed E-state index contributed by atoms with van der Waals surface area (Å²) >= 11 is 1.26. The summed E-state index contributed by atoms with van der Waals surface area (Å²) in [5, 5.41) is 0. The van der Waals surface area contributed by atoms with Crippen molar-refractivity contribution < 1.29 is 27.1 Å². The van der Waals surface area contributed by atoms with Crippen LogP contribution in [0.2, 0.25) is 0 Å². The smallest absolute Gasteiger partial charge is 0.376 e. The first-order valence-corrected chi connectivity index (χ1v) is 10.0. The SMILES string of the molecule is CC(C)(C)c1cn(CC2CCCO2)c(=NC(=O)c2cc(C(F)(F)F)ccc2F)s1. The van der Waals surface area contributed by atoms with E-state index >= 15 is 0 Å². The molecular formula is C20H22F4N2O2S. The Morgan fingerprint density at radius 2 is 2.03 bits per heavy atom. The number of aromatic nitrogens is 1. The van der Waals surface area contributed by atoms with Gasteiger partial charge in [0.05, 0.1) is 23.8 Å². The second-order valence-electron chi connectivity index (χ2n) is 8.02. The Balaban J connectivity index is 2.02. The third-order valence-corrected chi connectivity index (χ3v) is 6.05. The first kappa shape index (κ1) is 21.7. The molecule has 1 aromatic carbocycles. The van der Waals surface area contributed by atoms with Crippen molar-refractivity contribution in [1.82, 2.24) is 4.57 Å². The summed E-state index contributed by atoms with van der Waals surface area (Å²) in [7, 11) is 0. The Bertz CT molecular complexity index is 964. The molecule has 2 heterocycles. The van der Waals surface area contributed by atoms with Crippen molar-refractivity contribution >= 4 is 17.2 Å². The summed E-state index contributed by atoms with van der Waals surface area (Å²) in [6, 6.07) is 1.75. The Kier molecular flexibility index (Phi) is 6.01. The van der Waals surface area contributed by atoms with Gasteiger partial charge < -0.3 is 9.30 Å². The number of halogens is 4. The molecule has 1 unspecified atom stereocenters. The second kappa shape index (κ2) is 8.02. The van der Waals surface area contributed by atoms with E-state index in [-0.39, 0.29) is 11.5 Å². The number of carbonyl (C=O) groups excluding carboxylic acids is 1. The minimum Gasteiger partial charge on any atom is -0.376 e. The fourth-order valence-electron chi connectivity index (χ4n) is 2.96. The number of ether oxygens (including phenoxy) is 1. The Labute approximate surface area is 169 Å². The molecule has 0 spiro atoms. The second-order valence-corrected chi connectivity index (χ2v) is 9.03. The third kappa shape index (κ3) is 5.14. The fraction of sp³-hybridized carbons (Fsp3) is 0.500. The summed E-state index contributed by atoms with van der Waals surface area (Å²) in [4.78, 5) is 17.8. The number of rotatable bonds is 3. The van der Waals surface area contributed by atoms with E-state index in [1.54, 1.807) is 4.57 Å². The zero-order chi connectivity index (χ0) is 21.4. The maximum absolute atomic E-state index is 14.1. The molecule has 29 heavy (non-hydrogen) atoms. The first-order chi connectivity index (χ1) is 13.4. The first-order valence-electron chi connectivity index (χ1n) is 9.23. The molecule has 9 heteroatoms. The number of alkyl halides is 3. The molecule has 158 valence electrons. The van der Waals surface area contributed by atoms with E-state index < -0.39 is 29.0 Å². The van der Waals surface area contributed by atoms with Gasteiger partial charge in [0.25, 0.3) is 5.91 Å². The molecule has 1 aliphatic rings. The zero-order valence-corrected chi connectivity index (χ0v) is 17.2. The Morgan fingerprint density at radius 3 is 2.62 bits per heavy atom. The summed E-state index contributed by atoms with van der Waals surface area (Å²) < 4.78 is 60.3. The largest absolute Gasteiger partial charge is 0.416 e. The van der Waals surface area contributed by atoms with Crippen molar-refractivity contribution in [3.05, 3.63) is 51.0 Å². The van der Waals surface area contributed by atoms with E-state index in [1.807, 2.05) is 27.0 Å². The summed E-state index contributed by atoms with van der Waals surface area (Å²) in [6.45, 7) is 7.17. The summed E-state index contributed by atoms with van der Waals surface area (Å²) in [5.74, 6) is -2.08. The van der Waals surface area contributed by atoms with Crippen molar-refractivity contribution in [2.45, 2.75) is 57.9 Å². The minimum atomic E-state index is -4.68. The lowest BCUT2D eigenvalue weighted by molar-refractivity contribution is -0.137. The molecule has 0 bridgehead atoms. The maximum Gasteiger partial charge on any atom is 0.416 e. The molecular weight excluding hydrogens is 408 g/mol. The number of nitrogens with zero attached hydrogens (tertiary/aromatic N) is 2. The van der Waals surface area contributed by atoms with Crippen molar-refractivity contribution in [2.75, 3.05) is 6.61 Å². The lowest BCUT2D eigenvalue weighted by Gasteiger charge is -2.15. The van der Waals surface area contributed by atoms with Crippen LogP contribution in [0.15, 0.2) is 29.4 Å². The van der Waals surface area contributed by atoms with Crippen LogP contribution in [-0.2, 0) is 22.9 Å². The number of thiazole rings is 1. The number of amides is 1. The van der Waals surface area contributed by atoms with Crippen LogP contribution in [0.5, 0.6) is 0 Å². The standard InChI is InChI=1S/C20H22F4N2O2S/c1-19(2,3)16-11-26(10-13-5-4-8-28-13)18(29-16)25-17(27)14-9-12(20(22,23)24)6-7-15(14)21/h6-7,9,11,13H,4-5,8,10H2,1-3H3. The van der Waals surface area contributed by atoms with E-state index in [0.717, 1.165) is 17.7 Å². The molecule has 1 fully saturated rings. The predicted molar refractivity (Wildman–Crippen MR) is 101 cm³/mol. The van der Waals surface area contributed by atoms with Gasteiger partial charge in [-0.2, -0.15) is 18.2 Å². The highest BCUT2D eigenvalue weighted by molar-refractivity contribution is 7.09. The normalized spacial score (nSPS) is 18.4. The highest BCUT2D eigenvalue weighted by Gasteiger charge is 2.32. The van der Waals surface area contributed by atoms with Gasteiger partial charge in [0.15, 0.2) is 4.80 Å². The van der Waals surface area contributed by atoms with Gasteiger partial charge in [-0.3, -0.25) is 4.79 Å². The molecule has 1 aromatic heterocycles. The molecule has 1 amide bonds. The monoisotopic (exact) mass is 430 g/mol. The zero-order valence-electron chi connectivity index (χ0n) is 16.3. The quantitative estimate of drug-likeness (QED) is 0.649. The van der Waals surface area contributed by atoms with Crippen LogP contribution in [0.1, 0.15) is 54.4 Å². The minimum absolute atomic E-state index is 0.0169. The topological polar surface area (TPSA) is 43.6 Å². The van der Waals surface area contributed by atoms with Gasteiger partial charge in [0.1, 0.15) is 5.82 Å². The highest BCUT2D eigenvalue weighted by atomic mass is 32.1. The average Bonchev–Trinajstić information content (AvgIpc) is 3.24. The molecule has 0 saturated carbocycles. The predicted octanol–water partition coefficient (Wildman–Crippen LogP) is 4.93. The van der Waals surface area contributed by atoms with Gasteiger partial charge in [-0.1, -0.05) is 20.8 Å². The van der Waals surface area contributed by atoms with Crippen LogP contribution >= 0.6 is 11.3 Å². The maximum atomic E-state index is 14.1. The van der Waals surface area contributed by atoms with Gasteiger partial charge in [-0.25, -0.2) is 4.39 Å². The van der Waals surface area contributed by atoms with Crippen molar-refractivity contribution in [3.8, 4) is 0 Å². The molecule has 4 nitrogen and oxygen atoms in total. The van der Waals surface area contributed by atoms with Gasteiger partial charge in [-0.05, 0) is 36.5 Å². The summed E-state index contributed by atoms with van der Waals surface area (Å²) in [5.41, 5.74) is -2.00. The molecule has 1 saturated heterocycles. The van der Waals surface area contributed by atoms with Crippen LogP contribution in [-0.4, -0.2) is 23.2 Å². The van der Waals surface area contributed by atoms with Crippen LogP contribution in [0.3, 0.4) is 0 Å². The van der Waals surface area contributed by atoms with E-state index in [9.17, 15) is 22.4 Å². The van der Waals surface area contributed by atoms with Gasteiger partial charge in [0.2, 0.25) is 0 Å². The van der Waals surface area contributed by atoms with Gasteiger partial charge in [-0.15, -0.1) is 11.3 Å². The average molecular weight is 430 g/mol.